The summed E-state index contributed by atoms with van der Waals surface area (Å²) in [5, 5.41) is 23.4. The number of aliphatic hydroxyl groups is 1. The summed E-state index contributed by atoms with van der Waals surface area (Å²) in [6, 6.07) is 5.27. The second-order valence-corrected chi connectivity index (χ2v) is 4.47. The Hall–Kier alpha value is -1.82. The number of para-hydroxylation sites is 1. The summed E-state index contributed by atoms with van der Waals surface area (Å²) in [6.07, 6.45) is 0. The number of rotatable bonds is 7. The Morgan fingerprint density at radius 1 is 1.47 bits per heavy atom. The standard InChI is InChI=1S/C13H21N3O3/c1-4-14-11-6-5-7-12(13(11)16(18)19)15(8-9-17)10(2)3/h5-7,10,14,17H,4,8-9H2,1-3H3. The normalized spacial score (nSPS) is 10.6. The molecule has 0 saturated heterocycles. The van der Waals surface area contributed by atoms with Crippen LogP contribution in [0.3, 0.4) is 0 Å². The third kappa shape index (κ3) is 3.57. The molecule has 6 heteroatoms. The van der Waals surface area contributed by atoms with Gasteiger partial charge in [0.15, 0.2) is 0 Å². The molecular weight excluding hydrogens is 246 g/mol. The summed E-state index contributed by atoms with van der Waals surface area (Å²) in [7, 11) is 0. The van der Waals surface area contributed by atoms with Crippen LogP contribution >= 0.6 is 0 Å². The van der Waals surface area contributed by atoms with Gasteiger partial charge in [-0.1, -0.05) is 6.07 Å². The fourth-order valence-corrected chi connectivity index (χ4v) is 2.05. The number of nitro benzene ring substituents is 1. The van der Waals surface area contributed by atoms with Crippen molar-refractivity contribution >= 4 is 17.1 Å². The lowest BCUT2D eigenvalue weighted by atomic mass is 10.1. The molecule has 0 atom stereocenters. The van der Waals surface area contributed by atoms with Gasteiger partial charge in [-0.15, -0.1) is 0 Å². The van der Waals surface area contributed by atoms with Crippen molar-refractivity contribution in [2.75, 3.05) is 29.9 Å². The number of anilines is 2. The van der Waals surface area contributed by atoms with Crippen molar-refractivity contribution in [2.45, 2.75) is 26.8 Å². The second kappa shape index (κ2) is 6.94. The van der Waals surface area contributed by atoms with E-state index in [0.29, 0.717) is 24.5 Å². The highest BCUT2D eigenvalue weighted by Gasteiger charge is 2.24. The molecule has 0 bridgehead atoms. The zero-order valence-corrected chi connectivity index (χ0v) is 11.6. The summed E-state index contributed by atoms with van der Waals surface area (Å²) in [4.78, 5) is 12.8. The fourth-order valence-electron chi connectivity index (χ4n) is 2.05. The summed E-state index contributed by atoms with van der Waals surface area (Å²) >= 11 is 0. The van der Waals surface area contributed by atoms with Crippen molar-refractivity contribution in [3.8, 4) is 0 Å². The molecule has 0 aliphatic carbocycles. The average Bonchev–Trinajstić information content (AvgIpc) is 2.35. The van der Waals surface area contributed by atoms with E-state index in [9.17, 15) is 10.1 Å². The summed E-state index contributed by atoms with van der Waals surface area (Å²) in [5.41, 5.74) is 1.10. The van der Waals surface area contributed by atoms with Crippen LogP contribution in [0.4, 0.5) is 17.1 Å². The quantitative estimate of drug-likeness (QED) is 0.585. The van der Waals surface area contributed by atoms with Crippen LogP contribution in [0.1, 0.15) is 20.8 Å². The molecule has 0 spiro atoms. The van der Waals surface area contributed by atoms with Crippen LogP contribution in [-0.4, -0.2) is 35.8 Å². The highest BCUT2D eigenvalue weighted by molar-refractivity contribution is 5.77. The number of nitrogens with one attached hydrogen (secondary N) is 1. The predicted molar refractivity (Wildman–Crippen MR) is 76.8 cm³/mol. The Kier molecular flexibility index (Phi) is 5.57. The molecule has 0 unspecified atom stereocenters. The van der Waals surface area contributed by atoms with Crippen LogP contribution in [0.25, 0.3) is 0 Å². The molecule has 0 radical (unpaired) electrons. The predicted octanol–water partition coefficient (Wildman–Crippen LogP) is 2.23. The van der Waals surface area contributed by atoms with E-state index in [2.05, 4.69) is 5.32 Å². The van der Waals surface area contributed by atoms with Crippen molar-refractivity contribution in [1.82, 2.24) is 0 Å². The lowest BCUT2D eigenvalue weighted by Gasteiger charge is -2.28. The topological polar surface area (TPSA) is 78.6 Å². The van der Waals surface area contributed by atoms with Gasteiger partial charge in [-0.2, -0.15) is 0 Å². The molecule has 0 aromatic heterocycles. The Morgan fingerprint density at radius 2 is 2.16 bits per heavy atom. The van der Waals surface area contributed by atoms with E-state index in [4.69, 9.17) is 5.11 Å². The van der Waals surface area contributed by atoms with Gasteiger partial charge in [-0.05, 0) is 32.9 Å². The van der Waals surface area contributed by atoms with Crippen LogP contribution in [0.5, 0.6) is 0 Å². The first-order chi connectivity index (χ1) is 9.02. The van der Waals surface area contributed by atoms with E-state index in [0.717, 1.165) is 0 Å². The van der Waals surface area contributed by atoms with E-state index in [1.54, 1.807) is 18.2 Å². The molecule has 2 N–H and O–H groups in total. The van der Waals surface area contributed by atoms with Gasteiger partial charge >= 0.3 is 5.69 Å². The highest BCUT2D eigenvalue weighted by atomic mass is 16.6. The maximum Gasteiger partial charge on any atom is 0.315 e. The van der Waals surface area contributed by atoms with Crippen LogP contribution in [0, 0.1) is 10.1 Å². The van der Waals surface area contributed by atoms with Gasteiger partial charge in [0.25, 0.3) is 0 Å². The third-order valence-corrected chi connectivity index (χ3v) is 2.84. The number of hydrogen-bond acceptors (Lipinski definition) is 5. The fraction of sp³-hybridized carbons (Fsp3) is 0.538. The lowest BCUT2D eigenvalue weighted by Crippen LogP contribution is -2.34. The smallest absolute Gasteiger partial charge is 0.315 e. The van der Waals surface area contributed by atoms with Gasteiger partial charge in [0.05, 0.1) is 11.5 Å². The van der Waals surface area contributed by atoms with Gasteiger partial charge in [0.1, 0.15) is 11.4 Å². The maximum atomic E-state index is 11.3. The average molecular weight is 267 g/mol. The van der Waals surface area contributed by atoms with Crippen LogP contribution in [0.15, 0.2) is 18.2 Å². The van der Waals surface area contributed by atoms with Gasteiger partial charge in [0, 0.05) is 19.1 Å². The minimum Gasteiger partial charge on any atom is -0.395 e. The first-order valence-electron chi connectivity index (χ1n) is 6.41. The van der Waals surface area contributed by atoms with Gasteiger partial charge in [0.2, 0.25) is 0 Å². The molecule has 0 heterocycles. The molecule has 19 heavy (non-hydrogen) atoms. The summed E-state index contributed by atoms with van der Waals surface area (Å²) in [5.74, 6) is 0. The SMILES string of the molecule is CCNc1cccc(N(CCO)C(C)C)c1[N+](=O)[O-]. The molecule has 1 aromatic rings. The number of nitro groups is 1. The summed E-state index contributed by atoms with van der Waals surface area (Å²) in [6.45, 7) is 6.73. The Labute approximate surface area is 113 Å². The zero-order chi connectivity index (χ0) is 14.4. The molecule has 0 aliphatic heterocycles. The molecule has 1 rings (SSSR count). The van der Waals surface area contributed by atoms with Crippen molar-refractivity contribution in [3.05, 3.63) is 28.3 Å². The first kappa shape index (κ1) is 15.2. The van der Waals surface area contributed by atoms with Crippen molar-refractivity contribution < 1.29 is 10.0 Å². The second-order valence-electron chi connectivity index (χ2n) is 4.47. The minimum atomic E-state index is -0.375. The number of benzene rings is 1. The molecule has 0 amide bonds. The highest BCUT2D eigenvalue weighted by Crippen LogP contribution is 2.36. The Balaban J connectivity index is 3.31. The first-order valence-corrected chi connectivity index (χ1v) is 6.41. The van der Waals surface area contributed by atoms with E-state index in [-0.39, 0.29) is 23.3 Å². The summed E-state index contributed by atoms with van der Waals surface area (Å²) < 4.78 is 0. The van der Waals surface area contributed by atoms with Gasteiger partial charge in [-0.3, -0.25) is 10.1 Å². The van der Waals surface area contributed by atoms with Gasteiger partial charge in [-0.25, -0.2) is 0 Å². The molecule has 1 aromatic carbocycles. The number of nitrogens with zero attached hydrogens (tertiary/aromatic N) is 2. The monoisotopic (exact) mass is 267 g/mol. The van der Waals surface area contributed by atoms with Gasteiger partial charge < -0.3 is 15.3 Å². The van der Waals surface area contributed by atoms with Crippen LogP contribution < -0.4 is 10.2 Å². The Bertz CT molecular complexity index is 435. The van der Waals surface area contributed by atoms with Crippen molar-refractivity contribution in [2.24, 2.45) is 0 Å². The maximum absolute atomic E-state index is 11.3. The van der Waals surface area contributed by atoms with E-state index in [1.165, 1.54) is 0 Å². The third-order valence-electron chi connectivity index (χ3n) is 2.84. The molecule has 0 fully saturated rings. The van der Waals surface area contributed by atoms with Crippen LogP contribution in [-0.2, 0) is 0 Å². The van der Waals surface area contributed by atoms with Crippen molar-refractivity contribution in [1.29, 1.82) is 0 Å². The number of hydrogen-bond donors (Lipinski definition) is 2. The minimum absolute atomic E-state index is 0.0409. The van der Waals surface area contributed by atoms with E-state index < -0.39 is 0 Å². The number of aliphatic hydroxyl groups excluding tert-OH is 1. The molecule has 0 aliphatic rings. The largest absolute Gasteiger partial charge is 0.395 e. The van der Waals surface area contributed by atoms with Crippen LogP contribution in [0.2, 0.25) is 0 Å². The zero-order valence-electron chi connectivity index (χ0n) is 11.6. The lowest BCUT2D eigenvalue weighted by molar-refractivity contribution is -0.383. The molecule has 6 nitrogen and oxygen atoms in total. The van der Waals surface area contributed by atoms with E-state index in [1.807, 2.05) is 25.7 Å². The van der Waals surface area contributed by atoms with E-state index >= 15 is 0 Å². The Morgan fingerprint density at radius 3 is 2.63 bits per heavy atom. The molecular formula is C13H21N3O3. The molecule has 106 valence electrons. The molecule has 0 saturated carbocycles. The van der Waals surface area contributed by atoms with Crippen molar-refractivity contribution in [3.63, 3.8) is 0 Å².